The zero-order valence-corrected chi connectivity index (χ0v) is 11.5. The van der Waals surface area contributed by atoms with Crippen LogP contribution in [0.1, 0.15) is 21.5 Å². The van der Waals surface area contributed by atoms with Crippen molar-refractivity contribution in [1.29, 1.82) is 0 Å². The van der Waals surface area contributed by atoms with Crippen LogP contribution in [-0.4, -0.2) is 11.0 Å². The zero-order valence-electron chi connectivity index (χ0n) is 9.95. The molecule has 5 heteroatoms. The van der Waals surface area contributed by atoms with Gasteiger partial charge in [-0.15, -0.1) is 0 Å². The van der Waals surface area contributed by atoms with Crippen molar-refractivity contribution < 1.29 is 14.3 Å². The maximum Gasteiger partial charge on any atom is 0.260 e. The highest BCUT2D eigenvalue weighted by atomic mass is 79.9. The quantitative estimate of drug-likeness (QED) is 0.833. The summed E-state index contributed by atoms with van der Waals surface area (Å²) in [6.07, 6.45) is 1.44. The number of hydrogen-bond acceptors (Lipinski definition) is 3. The van der Waals surface area contributed by atoms with Crippen molar-refractivity contribution in [2.45, 2.75) is 13.8 Å². The predicted octanol–water partition coefficient (Wildman–Crippen LogP) is 3.62. The molecule has 0 saturated heterocycles. The van der Waals surface area contributed by atoms with E-state index in [0.717, 1.165) is 11.1 Å². The van der Waals surface area contributed by atoms with Crippen LogP contribution in [0.25, 0.3) is 0 Å². The standard InChI is InChI=1S/C13H12BrNO3/c1-7-5-9(6-8(2)11(7)16)15-13(17)10-3-4-18-12(10)14/h3-6,16H,1-2H3,(H,15,17). The predicted molar refractivity (Wildman–Crippen MR) is 71.9 cm³/mol. The van der Waals surface area contributed by atoms with E-state index in [9.17, 15) is 9.90 Å². The largest absolute Gasteiger partial charge is 0.507 e. The molecule has 1 heterocycles. The first kappa shape index (κ1) is 12.7. The van der Waals surface area contributed by atoms with E-state index in [4.69, 9.17) is 4.42 Å². The van der Waals surface area contributed by atoms with E-state index >= 15 is 0 Å². The highest BCUT2D eigenvalue weighted by molar-refractivity contribution is 9.10. The Hall–Kier alpha value is -1.75. The van der Waals surface area contributed by atoms with Crippen LogP contribution in [0.5, 0.6) is 5.75 Å². The third-order valence-corrected chi connectivity index (χ3v) is 3.23. The molecule has 0 aliphatic heterocycles. The topological polar surface area (TPSA) is 62.5 Å². The van der Waals surface area contributed by atoms with Crippen LogP contribution < -0.4 is 5.32 Å². The highest BCUT2D eigenvalue weighted by Gasteiger charge is 2.13. The van der Waals surface area contributed by atoms with Gasteiger partial charge in [-0.3, -0.25) is 4.79 Å². The van der Waals surface area contributed by atoms with E-state index in [1.54, 1.807) is 32.0 Å². The summed E-state index contributed by atoms with van der Waals surface area (Å²) >= 11 is 3.15. The van der Waals surface area contributed by atoms with E-state index in [1.807, 2.05) is 0 Å². The smallest absolute Gasteiger partial charge is 0.260 e. The summed E-state index contributed by atoms with van der Waals surface area (Å²) in [5.41, 5.74) is 2.51. The maximum absolute atomic E-state index is 11.9. The van der Waals surface area contributed by atoms with Gasteiger partial charge in [0.1, 0.15) is 5.75 Å². The first-order valence-electron chi connectivity index (χ1n) is 5.33. The lowest BCUT2D eigenvalue weighted by molar-refractivity contribution is 0.102. The van der Waals surface area contributed by atoms with Gasteiger partial charge in [-0.25, -0.2) is 0 Å². The average molecular weight is 310 g/mol. The summed E-state index contributed by atoms with van der Waals surface area (Å²) in [5.74, 6) is -0.0161. The van der Waals surface area contributed by atoms with Crippen molar-refractivity contribution in [2.75, 3.05) is 5.32 Å². The Morgan fingerprint density at radius 3 is 2.44 bits per heavy atom. The van der Waals surface area contributed by atoms with Crippen molar-refractivity contribution in [3.05, 3.63) is 45.8 Å². The van der Waals surface area contributed by atoms with Gasteiger partial charge in [0.15, 0.2) is 4.67 Å². The first-order valence-corrected chi connectivity index (χ1v) is 6.13. The summed E-state index contributed by atoms with van der Waals surface area (Å²) in [7, 11) is 0. The van der Waals surface area contributed by atoms with Gasteiger partial charge in [-0.1, -0.05) is 0 Å². The molecular formula is C13H12BrNO3. The third-order valence-electron chi connectivity index (χ3n) is 2.61. The molecule has 94 valence electrons. The second-order valence-corrected chi connectivity index (χ2v) is 4.74. The van der Waals surface area contributed by atoms with Crippen LogP contribution in [0.3, 0.4) is 0 Å². The summed E-state index contributed by atoms with van der Waals surface area (Å²) in [6.45, 7) is 3.57. The van der Waals surface area contributed by atoms with Crippen molar-refractivity contribution in [2.24, 2.45) is 0 Å². The summed E-state index contributed by atoms with van der Waals surface area (Å²) in [6, 6.07) is 5.02. The fraction of sp³-hybridized carbons (Fsp3) is 0.154. The Labute approximate surface area is 113 Å². The molecule has 2 N–H and O–H groups in total. The zero-order chi connectivity index (χ0) is 13.3. The number of halogens is 1. The van der Waals surface area contributed by atoms with E-state index in [-0.39, 0.29) is 11.7 Å². The van der Waals surface area contributed by atoms with Crippen molar-refractivity contribution >= 4 is 27.5 Å². The molecule has 0 saturated carbocycles. The fourth-order valence-corrected chi connectivity index (χ4v) is 2.10. The lowest BCUT2D eigenvalue weighted by atomic mass is 10.1. The Morgan fingerprint density at radius 2 is 1.94 bits per heavy atom. The van der Waals surface area contributed by atoms with Crippen LogP contribution in [0.15, 0.2) is 33.5 Å². The molecule has 0 atom stereocenters. The molecule has 2 aromatic rings. The van der Waals surface area contributed by atoms with Gasteiger partial charge in [0.25, 0.3) is 5.91 Å². The number of aryl methyl sites for hydroxylation is 2. The number of phenolic OH excluding ortho intramolecular Hbond substituents is 1. The Morgan fingerprint density at radius 1 is 1.33 bits per heavy atom. The van der Waals surface area contributed by atoms with Gasteiger partial charge < -0.3 is 14.8 Å². The number of benzene rings is 1. The van der Waals surface area contributed by atoms with Gasteiger partial charge >= 0.3 is 0 Å². The van der Waals surface area contributed by atoms with E-state index in [2.05, 4.69) is 21.2 Å². The molecule has 0 radical (unpaired) electrons. The SMILES string of the molecule is Cc1cc(NC(=O)c2ccoc2Br)cc(C)c1O. The molecule has 18 heavy (non-hydrogen) atoms. The Bertz CT molecular complexity index is 581. The van der Waals surface area contributed by atoms with Crippen LogP contribution in [-0.2, 0) is 0 Å². The highest BCUT2D eigenvalue weighted by Crippen LogP contribution is 2.26. The van der Waals surface area contributed by atoms with Crippen LogP contribution in [0.4, 0.5) is 5.69 Å². The lowest BCUT2D eigenvalue weighted by Gasteiger charge is -2.09. The minimum absolute atomic E-state index is 0.248. The molecular weight excluding hydrogens is 298 g/mol. The number of nitrogens with one attached hydrogen (secondary N) is 1. The number of carbonyl (C=O) groups excluding carboxylic acids is 1. The second kappa shape index (κ2) is 4.86. The van der Waals surface area contributed by atoms with E-state index < -0.39 is 0 Å². The van der Waals surface area contributed by atoms with Gasteiger partial charge in [0, 0.05) is 5.69 Å². The Balaban J connectivity index is 2.25. The Kier molecular flexibility index (Phi) is 3.43. The number of aromatic hydroxyl groups is 1. The number of rotatable bonds is 2. The number of anilines is 1. The normalized spacial score (nSPS) is 10.4. The van der Waals surface area contributed by atoms with Gasteiger partial charge in [0.05, 0.1) is 11.8 Å². The van der Waals surface area contributed by atoms with E-state index in [0.29, 0.717) is 15.9 Å². The van der Waals surface area contributed by atoms with E-state index in [1.165, 1.54) is 6.26 Å². The molecule has 0 fully saturated rings. The molecule has 2 rings (SSSR count). The molecule has 0 unspecified atom stereocenters. The minimum atomic E-state index is -0.264. The fourth-order valence-electron chi connectivity index (χ4n) is 1.68. The number of phenols is 1. The minimum Gasteiger partial charge on any atom is -0.507 e. The number of carbonyl (C=O) groups is 1. The number of hydrogen-bond donors (Lipinski definition) is 2. The first-order chi connectivity index (χ1) is 8.49. The van der Waals surface area contributed by atoms with Gasteiger partial charge in [0.2, 0.25) is 0 Å². The van der Waals surface area contributed by atoms with Crippen LogP contribution in [0, 0.1) is 13.8 Å². The monoisotopic (exact) mass is 309 g/mol. The summed E-state index contributed by atoms with van der Waals surface area (Å²) < 4.78 is 5.40. The van der Waals surface area contributed by atoms with Crippen molar-refractivity contribution in [1.82, 2.24) is 0 Å². The maximum atomic E-state index is 11.9. The molecule has 1 amide bonds. The van der Waals surface area contributed by atoms with Gasteiger partial charge in [-0.05, 0) is 59.1 Å². The average Bonchev–Trinajstić information content (AvgIpc) is 2.72. The lowest BCUT2D eigenvalue weighted by Crippen LogP contribution is -2.11. The number of amides is 1. The number of furan rings is 1. The van der Waals surface area contributed by atoms with Crippen LogP contribution >= 0.6 is 15.9 Å². The molecule has 0 aliphatic carbocycles. The second-order valence-electron chi connectivity index (χ2n) is 4.02. The van der Waals surface area contributed by atoms with Crippen LogP contribution in [0.2, 0.25) is 0 Å². The third kappa shape index (κ3) is 2.41. The van der Waals surface area contributed by atoms with Crippen molar-refractivity contribution in [3.8, 4) is 5.75 Å². The summed E-state index contributed by atoms with van der Waals surface area (Å²) in [4.78, 5) is 11.9. The van der Waals surface area contributed by atoms with Gasteiger partial charge in [-0.2, -0.15) is 0 Å². The molecule has 1 aromatic carbocycles. The molecule has 0 bridgehead atoms. The molecule has 0 aliphatic rings. The molecule has 0 spiro atoms. The summed E-state index contributed by atoms with van der Waals surface area (Å²) in [5, 5.41) is 12.4. The van der Waals surface area contributed by atoms with Crippen molar-refractivity contribution in [3.63, 3.8) is 0 Å². The molecule has 1 aromatic heterocycles. The molecule has 4 nitrogen and oxygen atoms in total.